The van der Waals surface area contributed by atoms with Crippen LogP contribution in [0.3, 0.4) is 0 Å². The highest BCUT2D eigenvalue weighted by atomic mass is 32.1. The molecule has 0 unspecified atom stereocenters. The summed E-state index contributed by atoms with van der Waals surface area (Å²) in [5.74, 6) is 0.202. The van der Waals surface area contributed by atoms with Crippen LogP contribution in [0.4, 0.5) is 0 Å². The van der Waals surface area contributed by atoms with Crippen molar-refractivity contribution in [2.45, 2.75) is 45.2 Å². The van der Waals surface area contributed by atoms with Crippen LogP contribution in [-0.4, -0.2) is 61.1 Å². The number of rotatable bonds is 4. The summed E-state index contributed by atoms with van der Waals surface area (Å²) in [6, 6.07) is 3.02. The van der Waals surface area contributed by atoms with Gasteiger partial charge in [-0.05, 0) is 50.0 Å². The van der Waals surface area contributed by atoms with Gasteiger partial charge in [-0.25, -0.2) is 0 Å². The summed E-state index contributed by atoms with van der Waals surface area (Å²) in [6.07, 6.45) is 3.44. The van der Waals surface area contributed by atoms with Gasteiger partial charge in [0, 0.05) is 44.2 Å². The highest BCUT2D eigenvalue weighted by molar-refractivity contribution is 7.08. The van der Waals surface area contributed by atoms with Gasteiger partial charge in [0.15, 0.2) is 0 Å². The van der Waals surface area contributed by atoms with Gasteiger partial charge >= 0.3 is 0 Å². The average Bonchev–Trinajstić information content (AvgIpc) is 3.17. The van der Waals surface area contributed by atoms with E-state index in [0.29, 0.717) is 17.5 Å². The molecule has 0 bridgehead atoms. The number of carbonyl (C=O) groups is 1. The van der Waals surface area contributed by atoms with E-state index in [1.165, 1.54) is 6.42 Å². The molecule has 128 valence electrons. The number of ether oxygens (including phenoxy) is 1. The molecule has 1 atom stereocenters. The van der Waals surface area contributed by atoms with E-state index < -0.39 is 0 Å². The Morgan fingerprint density at radius 1 is 1.43 bits per heavy atom. The van der Waals surface area contributed by atoms with Crippen molar-refractivity contribution in [3.8, 4) is 0 Å². The second-order valence-electron chi connectivity index (χ2n) is 7.38. The third-order valence-electron chi connectivity index (χ3n) is 5.56. The van der Waals surface area contributed by atoms with Crippen molar-refractivity contribution in [3.05, 3.63) is 22.4 Å². The Morgan fingerprint density at radius 3 is 2.74 bits per heavy atom. The normalized spacial score (nSPS) is 24.7. The Balaban J connectivity index is 1.63. The first kappa shape index (κ1) is 16.9. The molecule has 0 radical (unpaired) electrons. The van der Waals surface area contributed by atoms with Crippen LogP contribution < -0.4 is 0 Å². The molecule has 3 rings (SSSR count). The fourth-order valence-electron chi connectivity index (χ4n) is 4.26. The van der Waals surface area contributed by atoms with Crippen molar-refractivity contribution in [1.29, 1.82) is 0 Å². The van der Waals surface area contributed by atoms with Crippen LogP contribution in [0, 0.1) is 5.41 Å². The molecular weight excluding hydrogens is 308 g/mol. The minimum atomic E-state index is 0.202. The van der Waals surface area contributed by atoms with Crippen molar-refractivity contribution in [1.82, 2.24) is 9.80 Å². The molecule has 0 N–H and O–H groups in total. The van der Waals surface area contributed by atoms with E-state index >= 15 is 0 Å². The van der Waals surface area contributed by atoms with Gasteiger partial charge in [-0.3, -0.25) is 9.69 Å². The van der Waals surface area contributed by atoms with E-state index in [0.717, 1.165) is 44.6 Å². The van der Waals surface area contributed by atoms with Gasteiger partial charge in [0.05, 0.1) is 12.2 Å². The molecule has 5 heteroatoms. The highest BCUT2D eigenvalue weighted by Gasteiger charge is 2.46. The largest absolute Gasteiger partial charge is 0.383 e. The minimum Gasteiger partial charge on any atom is -0.383 e. The summed E-state index contributed by atoms with van der Waals surface area (Å²) in [4.78, 5) is 17.1. The fraction of sp³-hybridized carbons (Fsp3) is 0.722. The van der Waals surface area contributed by atoms with Crippen LogP contribution >= 0.6 is 11.3 Å². The van der Waals surface area contributed by atoms with Crippen molar-refractivity contribution in [2.24, 2.45) is 5.41 Å². The maximum absolute atomic E-state index is 12.5. The molecule has 2 aliphatic heterocycles. The van der Waals surface area contributed by atoms with E-state index in [-0.39, 0.29) is 5.91 Å². The average molecular weight is 337 g/mol. The molecule has 1 amide bonds. The molecule has 0 saturated carbocycles. The summed E-state index contributed by atoms with van der Waals surface area (Å²) in [5.41, 5.74) is 1.22. The smallest absolute Gasteiger partial charge is 0.254 e. The van der Waals surface area contributed by atoms with E-state index in [1.807, 2.05) is 21.7 Å². The first-order valence-electron chi connectivity index (χ1n) is 8.61. The maximum Gasteiger partial charge on any atom is 0.254 e. The van der Waals surface area contributed by atoms with Gasteiger partial charge in [-0.1, -0.05) is 0 Å². The Hall–Kier alpha value is -0.910. The lowest BCUT2D eigenvalue weighted by Gasteiger charge is -2.39. The van der Waals surface area contributed by atoms with E-state index in [9.17, 15) is 4.79 Å². The standard InChI is InChI=1S/C18H28N2O2S/c1-14(2)20-13-18(10-16(20)11-22-3)5-7-19(8-6-18)17(21)15-4-9-23-12-15/h4,9,12,14,16H,5-8,10-11,13H2,1-3H3/t16-/m0/s1. The predicted octanol–water partition coefficient (Wildman–Crippen LogP) is 3.10. The van der Waals surface area contributed by atoms with Crippen molar-refractivity contribution in [2.75, 3.05) is 33.4 Å². The van der Waals surface area contributed by atoms with Gasteiger partial charge in [-0.15, -0.1) is 0 Å². The molecule has 0 aliphatic carbocycles. The summed E-state index contributed by atoms with van der Waals surface area (Å²) in [5, 5.41) is 3.93. The Kier molecular flexibility index (Phi) is 5.09. The third kappa shape index (κ3) is 3.47. The molecule has 23 heavy (non-hydrogen) atoms. The zero-order valence-corrected chi connectivity index (χ0v) is 15.3. The van der Waals surface area contributed by atoms with Gasteiger partial charge in [0.1, 0.15) is 0 Å². The Bertz CT molecular complexity index is 521. The van der Waals surface area contributed by atoms with E-state index in [1.54, 1.807) is 18.4 Å². The molecular formula is C18H28N2O2S. The summed E-state index contributed by atoms with van der Waals surface area (Å²) in [7, 11) is 1.80. The van der Waals surface area contributed by atoms with Crippen molar-refractivity contribution >= 4 is 17.2 Å². The predicted molar refractivity (Wildman–Crippen MR) is 94.0 cm³/mol. The lowest BCUT2D eigenvalue weighted by Crippen LogP contribution is -2.44. The fourth-order valence-corrected chi connectivity index (χ4v) is 4.89. The monoisotopic (exact) mass is 336 g/mol. The molecule has 1 aromatic rings. The second-order valence-corrected chi connectivity index (χ2v) is 8.16. The van der Waals surface area contributed by atoms with Gasteiger partial charge in [0.2, 0.25) is 0 Å². The maximum atomic E-state index is 12.5. The lowest BCUT2D eigenvalue weighted by molar-refractivity contribution is 0.0582. The topological polar surface area (TPSA) is 32.8 Å². The zero-order chi connectivity index (χ0) is 16.4. The highest BCUT2D eigenvalue weighted by Crippen LogP contribution is 2.44. The Labute approximate surface area is 143 Å². The molecule has 1 aromatic heterocycles. The zero-order valence-electron chi connectivity index (χ0n) is 14.5. The molecule has 0 aromatic carbocycles. The van der Waals surface area contributed by atoms with Crippen LogP contribution in [0.25, 0.3) is 0 Å². The number of hydrogen-bond donors (Lipinski definition) is 0. The lowest BCUT2D eigenvalue weighted by atomic mass is 9.76. The van der Waals surface area contributed by atoms with Crippen LogP contribution in [-0.2, 0) is 4.74 Å². The van der Waals surface area contributed by atoms with Crippen molar-refractivity contribution < 1.29 is 9.53 Å². The first-order valence-corrected chi connectivity index (χ1v) is 9.55. The number of likely N-dealkylation sites (tertiary alicyclic amines) is 2. The molecule has 2 fully saturated rings. The SMILES string of the molecule is COC[C@@H]1CC2(CCN(C(=O)c3ccsc3)CC2)CN1C(C)C. The summed E-state index contributed by atoms with van der Waals surface area (Å²) < 4.78 is 5.44. The number of hydrogen-bond acceptors (Lipinski definition) is 4. The quantitative estimate of drug-likeness (QED) is 0.847. The third-order valence-corrected chi connectivity index (χ3v) is 6.24. The molecule has 2 saturated heterocycles. The number of nitrogens with zero attached hydrogens (tertiary/aromatic N) is 2. The molecule has 2 aliphatic rings. The number of thiophene rings is 1. The van der Waals surface area contributed by atoms with Crippen LogP contribution in [0.15, 0.2) is 16.8 Å². The molecule has 3 heterocycles. The number of carbonyl (C=O) groups excluding carboxylic acids is 1. The first-order chi connectivity index (χ1) is 11.0. The Morgan fingerprint density at radius 2 is 2.17 bits per heavy atom. The van der Waals surface area contributed by atoms with Gasteiger partial charge < -0.3 is 9.64 Å². The molecule has 1 spiro atoms. The van der Waals surface area contributed by atoms with Crippen LogP contribution in [0.1, 0.15) is 43.5 Å². The van der Waals surface area contributed by atoms with Gasteiger partial charge in [0.25, 0.3) is 5.91 Å². The number of amides is 1. The summed E-state index contributed by atoms with van der Waals surface area (Å²) >= 11 is 1.59. The second kappa shape index (κ2) is 6.91. The van der Waals surface area contributed by atoms with E-state index in [4.69, 9.17) is 4.74 Å². The van der Waals surface area contributed by atoms with E-state index in [2.05, 4.69) is 18.7 Å². The van der Waals surface area contributed by atoms with Gasteiger partial charge in [-0.2, -0.15) is 11.3 Å². The molecule has 4 nitrogen and oxygen atoms in total. The van der Waals surface area contributed by atoms with Crippen LogP contribution in [0.5, 0.6) is 0 Å². The number of piperidine rings is 1. The van der Waals surface area contributed by atoms with Crippen LogP contribution in [0.2, 0.25) is 0 Å². The number of methoxy groups -OCH3 is 1. The minimum absolute atomic E-state index is 0.202. The van der Waals surface area contributed by atoms with Crippen molar-refractivity contribution in [3.63, 3.8) is 0 Å². The summed E-state index contributed by atoms with van der Waals surface area (Å²) in [6.45, 7) is 8.30.